The average molecular weight is 303 g/mol. The van der Waals surface area contributed by atoms with Crippen LogP contribution in [0, 0.1) is 17.7 Å². The van der Waals surface area contributed by atoms with Crippen molar-refractivity contribution in [2.75, 3.05) is 5.12 Å². The van der Waals surface area contributed by atoms with Crippen molar-refractivity contribution in [2.24, 2.45) is 11.8 Å². The van der Waals surface area contributed by atoms with Crippen LogP contribution in [0.25, 0.3) is 11.0 Å². The molecule has 1 atom stereocenters. The van der Waals surface area contributed by atoms with Crippen LogP contribution in [0.4, 0.5) is 10.1 Å². The first-order chi connectivity index (χ1) is 10.7. The van der Waals surface area contributed by atoms with Gasteiger partial charge in [0.05, 0.1) is 11.1 Å². The molecule has 22 heavy (non-hydrogen) atoms. The van der Waals surface area contributed by atoms with Crippen molar-refractivity contribution >= 4 is 16.7 Å². The molecule has 4 fully saturated rings. The Balaban J connectivity index is 1.45. The first-order valence-corrected chi connectivity index (χ1v) is 7.92. The number of hydrogen-bond acceptors (Lipinski definition) is 5. The summed E-state index contributed by atoms with van der Waals surface area (Å²) in [6.45, 7) is 0. The van der Waals surface area contributed by atoms with Crippen LogP contribution < -0.4 is 16.1 Å². The lowest BCUT2D eigenvalue weighted by Crippen LogP contribution is -2.57. The summed E-state index contributed by atoms with van der Waals surface area (Å²) in [6.07, 6.45) is 7.21. The molecule has 0 radical (unpaired) electrons. The Labute approximate surface area is 127 Å². The molecular formula is C16H18FN3O2. The normalized spacial score (nSPS) is 34.1. The van der Waals surface area contributed by atoms with E-state index in [1.54, 1.807) is 17.3 Å². The molecule has 0 amide bonds. The summed E-state index contributed by atoms with van der Waals surface area (Å²) in [6, 6.07) is 5.42. The van der Waals surface area contributed by atoms with Crippen LogP contribution in [0.1, 0.15) is 32.1 Å². The molecule has 2 heterocycles. The van der Waals surface area contributed by atoms with Crippen LogP contribution in [0.5, 0.6) is 0 Å². The standard InChI is InChI=1S/C16H18FN3O2/c17-14-9-21-15-6-5-12(7-13(14)15)20-18-16(22-19-20)8-10-1-3-11(16)4-2-10/h5-7,9-11,18-19H,1-4,8H2/t10?,11?,16-/m0/s1. The van der Waals surface area contributed by atoms with E-state index in [1.165, 1.54) is 25.7 Å². The Morgan fingerprint density at radius 2 is 2.09 bits per heavy atom. The van der Waals surface area contributed by atoms with Crippen LogP contribution in [-0.4, -0.2) is 5.72 Å². The molecule has 1 aliphatic heterocycles. The number of furan rings is 1. The van der Waals surface area contributed by atoms with Crippen LogP contribution >= 0.6 is 0 Å². The van der Waals surface area contributed by atoms with Crippen LogP contribution in [-0.2, 0) is 4.84 Å². The van der Waals surface area contributed by atoms with Gasteiger partial charge in [-0.25, -0.2) is 9.51 Å². The number of hydrogen-bond donors (Lipinski definition) is 2. The maximum atomic E-state index is 13.7. The van der Waals surface area contributed by atoms with Crippen molar-refractivity contribution in [2.45, 2.75) is 37.8 Å². The summed E-state index contributed by atoms with van der Waals surface area (Å²) in [5.41, 5.74) is 7.49. The SMILES string of the molecule is Fc1coc2ccc(N3NO[C@]4(CC5CCC4CC5)N3)cc12. The fourth-order valence-electron chi connectivity index (χ4n) is 4.29. The molecule has 4 aliphatic rings. The summed E-state index contributed by atoms with van der Waals surface area (Å²) in [5, 5.41) is 2.24. The maximum Gasteiger partial charge on any atom is 0.169 e. The Bertz CT molecular complexity index is 725. The van der Waals surface area contributed by atoms with E-state index in [2.05, 4.69) is 11.0 Å². The third-order valence-electron chi connectivity index (χ3n) is 5.49. The molecule has 0 unspecified atom stereocenters. The molecule has 2 N–H and O–H groups in total. The fourth-order valence-corrected chi connectivity index (χ4v) is 4.29. The van der Waals surface area contributed by atoms with Gasteiger partial charge in [0.1, 0.15) is 11.8 Å². The number of halogens is 1. The Morgan fingerprint density at radius 1 is 1.23 bits per heavy atom. The van der Waals surface area contributed by atoms with Crippen molar-refractivity contribution in [1.29, 1.82) is 0 Å². The second kappa shape index (κ2) is 4.44. The van der Waals surface area contributed by atoms with Crippen molar-refractivity contribution in [3.05, 3.63) is 30.3 Å². The highest BCUT2D eigenvalue weighted by Crippen LogP contribution is 2.49. The lowest BCUT2D eigenvalue weighted by Gasteiger charge is -2.47. The number of benzene rings is 1. The minimum absolute atomic E-state index is 0.314. The zero-order valence-corrected chi connectivity index (χ0v) is 12.1. The summed E-state index contributed by atoms with van der Waals surface area (Å²) in [4.78, 5) is 5.95. The molecule has 1 saturated heterocycles. The number of rotatable bonds is 1. The summed E-state index contributed by atoms with van der Waals surface area (Å²) < 4.78 is 18.9. The molecule has 2 aromatic rings. The Morgan fingerprint density at radius 3 is 2.86 bits per heavy atom. The Kier molecular flexibility index (Phi) is 2.60. The highest BCUT2D eigenvalue weighted by molar-refractivity contribution is 5.81. The van der Waals surface area contributed by atoms with E-state index in [9.17, 15) is 4.39 Å². The van der Waals surface area contributed by atoms with Gasteiger partial charge in [-0.1, -0.05) is 5.59 Å². The predicted molar refractivity (Wildman–Crippen MR) is 78.8 cm³/mol. The van der Waals surface area contributed by atoms with Crippen molar-refractivity contribution in [1.82, 2.24) is 11.0 Å². The summed E-state index contributed by atoms with van der Waals surface area (Å²) >= 11 is 0. The van der Waals surface area contributed by atoms with Gasteiger partial charge in [0, 0.05) is 5.92 Å². The van der Waals surface area contributed by atoms with E-state index in [0.717, 1.165) is 24.3 Å². The van der Waals surface area contributed by atoms with Gasteiger partial charge in [-0.05, 0) is 56.2 Å². The number of fused-ring (bicyclic) bond motifs is 3. The molecule has 1 aromatic carbocycles. The van der Waals surface area contributed by atoms with Crippen LogP contribution in [0.15, 0.2) is 28.9 Å². The monoisotopic (exact) mass is 303 g/mol. The van der Waals surface area contributed by atoms with E-state index in [0.29, 0.717) is 16.9 Å². The minimum Gasteiger partial charge on any atom is -0.461 e. The topological polar surface area (TPSA) is 49.7 Å². The van der Waals surface area contributed by atoms with E-state index >= 15 is 0 Å². The quantitative estimate of drug-likeness (QED) is 0.847. The summed E-state index contributed by atoms with van der Waals surface area (Å²) in [5.74, 6) is 0.931. The molecule has 116 valence electrons. The van der Waals surface area contributed by atoms with Gasteiger partial charge < -0.3 is 4.42 Å². The van der Waals surface area contributed by atoms with Gasteiger partial charge in [0.25, 0.3) is 0 Å². The zero-order chi connectivity index (χ0) is 14.7. The second-order valence-electron chi connectivity index (χ2n) is 6.72. The van der Waals surface area contributed by atoms with Crippen molar-refractivity contribution in [3.63, 3.8) is 0 Å². The van der Waals surface area contributed by atoms with Gasteiger partial charge in [-0.15, -0.1) is 0 Å². The number of nitrogens with zero attached hydrogens (tertiary/aromatic N) is 1. The lowest BCUT2D eigenvalue weighted by molar-refractivity contribution is -0.153. The third-order valence-corrected chi connectivity index (χ3v) is 5.49. The minimum atomic E-state index is -0.344. The van der Waals surface area contributed by atoms with Crippen LogP contribution in [0.3, 0.4) is 0 Å². The molecule has 6 heteroatoms. The molecule has 2 bridgehead atoms. The maximum absolute atomic E-state index is 13.7. The van der Waals surface area contributed by atoms with Gasteiger partial charge in [-0.3, -0.25) is 4.84 Å². The van der Waals surface area contributed by atoms with E-state index < -0.39 is 0 Å². The highest BCUT2D eigenvalue weighted by Gasteiger charge is 2.53. The molecule has 1 aromatic heterocycles. The van der Waals surface area contributed by atoms with Gasteiger partial charge >= 0.3 is 0 Å². The first kappa shape index (κ1) is 12.9. The molecule has 5 nitrogen and oxygen atoms in total. The predicted octanol–water partition coefficient (Wildman–Crippen LogP) is 3.24. The smallest absolute Gasteiger partial charge is 0.169 e. The molecular weight excluding hydrogens is 285 g/mol. The fraction of sp³-hybridized carbons (Fsp3) is 0.500. The van der Waals surface area contributed by atoms with Gasteiger partial charge in [0.15, 0.2) is 11.5 Å². The summed E-state index contributed by atoms with van der Waals surface area (Å²) in [7, 11) is 0. The highest BCUT2D eigenvalue weighted by atomic mass is 19.1. The largest absolute Gasteiger partial charge is 0.461 e. The van der Waals surface area contributed by atoms with Gasteiger partial charge in [0.2, 0.25) is 0 Å². The third kappa shape index (κ3) is 1.74. The molecule has 3 saturated carbocycles. The number of hydrazine groups is 2. The van der Waals surface area contributed by atoms with Crippen molar-refractivity contribution < 1.29 is 13.6 Å². The molecule has 6 rings (SSSR count). The number of anilines is 1. The Hall–Kier alpha value is -1.63. The van der Waals surface area contributed by atoms with E-state index in [4.69, 9.17) is 9.25 Å². The molecule has 3 aliphatic carbocycles. The zero-order valence-electron chi connectivity index (χ0n) is 12.1. The van der Waals surface area contributed by atoms with Gasteiger partial charge in [-0.2, -0.15) is 5.43 Å². The second-order valence-corrected chi connectivity index (χ2v) is 6.72. The van der Waals surface area contributed by atoms with Crippen LogP contribution in [0.2, 0.25) is 0 Å². The average Bonchev–Trinajstić information content (AvgIpc) is 3.13. The molecule has 1 spiro atoms. The van der Waals surface area contributed by atoms with E-state index in [1.807, 2.05) is 6.07 Å². The number of nitrogens with one attached hydrogen (secondary N) is 2. The first-order valence-electron chi connectivity index (χ1n) is 7.92. The lowest BCUT2D eigenvalue weighted by atomic mass is 9.66. The van der Waals surface area contributed by atoms with Crippen molar-refractivity contribution in [3.8, 4) is 0 Å². The van der Waals surface area contributed by atoms with E-state index in [-0.39, 0.29) is 11.5 Å².